The van der Waals surface area contributed by atoms with E-state index in [1.165, 1.54) is 12.1 Å². The third-order valence-corrected chi connectivity index (χ3v) is 13.2. The minimum atomic E-state index is -5.65. The molecule has 0 fully saturated rings. The van der Waals surface area contributed by atoms with Crippen LogP contribution < -0.4 is 21.7 Å². The van der Waals surface area contributed by atoms with Crippen molar-refractivity contribution in [1.82, 2.24) is 0 Å². The van der Waals surface area contributed by atoms with Gasteiger partial charge in [0.05, 0.1) is 43.1 Å². The van der Waals surface area contributed by atoms with Crippen LogP contribution in [0.4, 0.5) is 26.3 Å². The molecule has 12 rings (SSSR count). The van der Waals surface area contributed by atoms with E-state index in [1.807, 2.05) is 73.7 Å². The standard InChI is InChI=1S/C31H18F6O4.C27H16O4/c1-15-3-8-23-20(11-15)28(39)22-13-17(4-9-24(22)40-23)16-5-10-25-21(12-16)27(38)19-7-6-18(14-26(19)41-25)29(2,30(32,33)34)31(35,36)37;28-26-18-5-1-3-7-22(18)30-24-11-9-16(14-20(24)26)13-17-10-12-25-21(15-17)27(29)19-6-2-4-8-23(19)31-25/h3-14H,1-2H3;1-12,14-15H,13H2. The van der Waals surface area contributed by atoms with Gasteiger partial charge in [-0.3, -0.25) is 19.2 Å². The third kappa shape index (κ3) is 7.57. The second-order valence-electron chi connectivity index (χ2n) is 17.8. The Morgan fingerprint density at radius 3 is 1.19 bits per heavy atom. The van der Waals surface area contributed by atoms with Gasteiger partial charge in [-0.25, -0.2) is 0 Å². The molecule has 72 heavy (non-hydrogen) atoms. The number of benzene rings is 8. The number of rotatable bonds is 4. The zero-order valence-corrected chi connectivity index (χ0v) is 37.8. The average Bonchev–Trinajstić information content (AvgIpc) is 3.36. The molecule has 14 heteroatoms. The smallest absolute Gasteiger partial charge is 0.406 e. The minimum absolute atomic E-state index is 0.0223. The molecule has 0 aliphatic heterocycles. The summed E-state index contributed by atoms with van der Waals surface area (Å²) >= 11 is 0. The van der Waals surface area contributed by atoms with Crippen LogP contribution in [0, 0.1) is 6.92 Å². The highest BCUT2D eigenvalue weighted by molar-refractivity contribution is 5.96. The van der Waals surface area contributed by atoms with E-state index in [4.69, 9.17) is 17.7 Å². The molecular formula is C58H34F6O8. The lowest BCUT2D eigenvalue weighted by Gasteiger charge is -2.34. The summed E-state index contributed by atoms with van der Waals surface area (Å²) < 4.78 is 105. The molecule has 356 valence electrons. The Labute approximate surface area is 400 Å². The average molecular weight is 973 g/mol. The first-order valence-corrected chi connectivity index (χ1v) is 22.4. The summed E-state index contributed by atoms with van der Waals surface area (Å²) in [6.07, 6.45) is -10.7. The van der Waals surface area contributed by atoms with Gasteiger partial charge in [-0.1, -0.05) is 66.2 Å². The van der Waals surface area contributed by atoms with E-state index in [-0.39, 0.29) is 39.6 Å². The lowest BCUT2D eigenvalue weighted by atomic mass is 9.80. The second kappa shape index (κ2) is 16.7. The summed E-state index contributed by atoms with van der Waals surface area (Å²) in [6.45, 7) is 1.91. The van der Waals surface area contributed by atoms with Crippen LogP contribution in [0.1, 0.15) is 29.2 Å². The van der Waals surface area contributed by atoms with Crippen molar-refractivity contribution in [3.63, 3.8) is 0 Å². The van der Waals surface area contributed by atoms with Crippen LogP contribution in [0.25, 0.3) is 98.9 Å². The maximum absolute atomic E-state index is 13.6. The highest BCUT2D eigenvalue weighted by atomic mass is 19.4. The van der Waals surface area contributed by atoms with Crippen LogP contribution in [-0.4, -0.2) is 12.4 Å². The molecule has 0 aliphatic rings. The molecule has 0 bridgehead atoms. The maximum Gasteiger partial charge on any atom is 0.406 e. The fourth-order valence-electron chi connectivity index (χ4n) is 9.14. The van der Waals surface area contributed by atoms with Crippen LogP contribution in [0.5, 0.6) is 0 Å². The van der Waals surface area contributed by atoms with Crippen LogP contribution >= 0.6 is 0 Å². The molecule has 0 saturated carbocycles. The van der Waals surface area contributed by atoms with Crippen molar-refractivity contribution in [2.45, 2.75) is 38.0 Å². The molecule has 8 aromatic carbocycles. The monoisotopic (exact) mass is 972 g/mol. The van der Waals surface area contributed by atoms with Gasteiger partial charge >= 0.3 is 12.4 Å². The predicted molar refractivity (Wildman–Crippen MR) is 266 cm³/mol. The van der Waals surface area contributed by atoms with Crippen LogP contribution in [-0.2, 0) is 11.8 Å². The number of halogens is 6. The number of aryl methyl sites for hydroxylation is 1. The second-order valence-corrected chi connectivity index (χ2v) is 17.8. The lowest BCUT2D eigenvalue weighted by Crippen LogP contribution is -2.51. The molecule has 0 atom stereocenters. The van der Waals surface area contributed by atoms with Crippen molar-refractivity contribution >= 4 is 87.8 Å². The van der Waals surface area contributed by atoms with Gasteiger partial charge in [0, 0.05) is 0 Å². The van der Waals surface area contributed by atoms with Gasteiger partial charge in [-0.15, -0.1) is 0 Å². The number of hydrogen-bond donors (Lipinski definition) is 0. The third-order valence-electron chi connectivity index (χ3n) is 13.2. The Morgan fingerprint density at radius 1 is 0.361 bits per heavy atom. The van der Waals surface area contributed by atoms with E-state index in [1.54, 1.807) is 60.7 Å². The Morgan fingerprint density at radius 2 is 0.722 bits per heavy atom. The highest BCUT2D eigenvalue weighted by Crippen LogP contribution is 2.52. The Hall–Kier alpha value is -8.78. The van der Waals surface area contributed by atoms with E-state index in [2.05, 4.69) is 0 Å². The van der Waals surface area contributed by atoms with Gasteiger partial charge in [0.25, 0.3) is 0 Å². The summed E-state index contributed by atoms with van der Waals surface area (Å²) in [7, 11) is 0. The largest absolute Gasteiger partial charge is 0.456 e. The first-order valence-electron chi connectivity index (χ1n) is 22.4. The summed E-state index contributed by atoms with van der Waals surface area (Å²) in [5.74, 6) is 0. The van der Waals surface area contributed by atoms with Gasteiger partial charge in [0.15, 0.2) is 5.41 Å². The molecule has 4 aromatic heterocycles. The highest BCUT2D eigenvalue weighted by Gasteiger charge is 2.68. The molecule has 0 spiro atoms. The van der Waals surface area contributed by atoms with Crippen LogP contribution in [0.2, 0.25) is 0 Å². The quantitative estimate of drug-likeness (QED) is 0.126. The van der Waals surface area contributed by atoms with Gasteiger partial charge in [-0.2, -0.15) is 26.3 Å². The topological polar surface area (TPSA) is 121 Å². The van der Waals surface area contributed by atoms with E-state index in [0.29, 0.717) is 95.5 Å². The van der Waals surface area contributed by atoms with Crippen molar-refractivity contribution in [3.8, 4) is 11.1 Å². The molecular weight excluding hydrogens is 939 g/mol. The summed E-state index contributed by atoms with van der Waals surface area (Å²) in [4.78, 5) is 52.3. The number of para-hydroxylation sites is 2. The zero-order valence-electron chi connectivity index (χ0n) is 37.8. The van der Waals surface area contributed by atoms with Gasteiger partial charge in [0.2, 0.25) is 21.7 Å². The fourth-order valence-corrected chi connectivity index (χ4v) is 9.14. The lowest BCUT2D eigenvalue weighted by molar-refractivity contribution is -0.297. The first kappa shape index (κ1) is 45.7. The number of hydrogen-bond acceptors (Lipinski definition) is 8. The molecule has 0 saturated heterocycles. The van der Waals surface area contributed by atoms with Crippen molar-refractivity contribution in [2.24, 2.45) is 0 Å². The van der Waals surface area contributed by atoms with Crippen molar-refractivity contribution < 1.29 is 44.0 Å². The predicted octanol–water partition coefficient (Wildman–Crippen LogP) is 14.4. The van der Waals surface area contributed by atoms with Crippen LogP contribution in [0.3, 0.4) is 0 Å². The SMILES string of the molecule is Cc1ccc2oc3ccc(-c4ccc5oc6cc(C(C)(C(F)(F)F)C(F)(F)F)ccc6c(=O)c5c4)cc3c(=O)c2c1.O=c1c2ccccc2oc2ccc(Cc3ccc4oc5ccccc5c(=O)c4c3)cc12. The Balaban J connectivity index is 0.000000161. The Kier molecular flexibility index (Phi) is 10.6. The number of alkyl halides is 6. The van der Waals surface area contributed by atoms with Gasteiger partial charge in [0.1, 0.15) is 44.7 Å². The fraction of sp³-hybridized carbons (Fsp3) is 0.103. The van der Waals surface area contributed by atoms with Crippen molar-refractivity contribution in [3.05, 3.63) is 221 Å². The van der Waals surface area contributed by atoms with Gasteiger partial charge < -0.3 is 17.7 Å². The molecule has 4 heterocycles. The molecule has 12 aromatic rings. The molecule has 0 aliphatic carbocycles. The number of fused-ring (bicyclic) bond motifs is 8. The van der Waals surface area contributed by atoms with Gasteiger partial charge in [-0.05, 0) is 145 Å². The zero-order chi connectivity index (χ0) is 50.4. The molecule has 0 radical (unpaired) electrons. The summed E-state index contributed by atoms with van der Waals surface area (Å²) in [5, 5.41) is 2.90. The normalized spacial score (nSPS) is 12.4. The van der Waals surface area contributed by atoms with Crippen molar-refractivity contribution in [2.75, 3.05) is 0 Å². The van der Waals surface area contributed by atoms with E-state index < -0.39 is 34.3 Å². The van der Waals surface area contributed by atoms with E-state index >= 15 is 0 Å². The summed E-state index contributed by atoms with van der Waals surface area (Å²) in [6, 6.07) is 42.8. The molecule has 0 unspecified atom stereocenters. The minimum Gasteiger partial charge on any atom is -0.456 e. The molecule has 0 amide bonds. The van der Waals surface area contributed by atoms with E-state index in [0.717, 1.165) is 22.8 Å². The van der Waals surface area contributed by atoms with Crippen molar-refractivity contribution in [1.29, 1.82) is 0 Å². The first-order chi connectivity index (χ1) is 34.4. The summed E-state index contributed by atoms with van der Waals surface area (Å²) in [5.41, 5.74) is 0.466. The maximum atomic E-state index is 13.6. The molecule has 8 nitrogen and oxygen atoms in total. The van der Waals surface area contributed by atoms with Crippen LogP contribution in [0.15, 0.2) is 195 Å². The Bertz CT molecular complexity index is 4340. The van der Waals surface area contributed by atoms with E-state index in [9.17, 15) is 45.5 Å². The molecule has 0 N–H and O–H groups in total.